The monoisotopic (exact) mass is 263 g/mol. The molecule has 0 bridgehead atoms. The molecule has 1 N–H and O–H groups in total. The first kappa shape index (κ1) is 13.9. The van der Waals surface area contributed by atoms with Gasteiger partial charge >= 0.3 is 0 Å². The molecule has 1 aromatic rings. The predicted molar refractivity (Wildman–Crippen MR) is 74.0 cm³/mol. The van der Waals surface area contributed by atoms with Gasteiger partial charge in [-0.25, -0.2) is 0 Å². The number of piperidine rings is 1. The summed E-state index contributed by atoms with van der Waals surface area (Å²) in [6.07, 6.45) is 1.64. The molecular formula is C15H21NO3. The molecule has 0 aromatic heterocycles. The quantitative estimate of drug-likeness (QED) is 0.901. The summed E-state index contributed by atoms with van der Waals surface area (Å²) < 4.78 is 10.6. The Morgan fingerprint density at radius 3 is 2.05 bits per heavy atom. The predicted octanol–water partition coefficient (Wildman–Crippen LogP) is 1.91. The lowest BCUT2D eigenvalue weighted by Crippen LogP contribution is -2.44. The van der Waals surface area contributed by atoms with Gasteiger partial charge in [-0.3, -0.25) is 4.79 Å². The van der Waals surface area contributed by atoms with Gasteiger partial charge in [-0.1, -0.05) is 0 Å². The van der Waals surface area contributed by atoms with Crippen LogP contribution in [0.4, 0.5) is 0 Å². The van der Waals surface area contributed by atoms with Gasteiger partial charge in [0.1, 0.15) is 17.3 Å². The van der Waals surface area contributed by atoms with Gasteiger partial charge < -0.3 is 14.8 Å². The number of hydrogen-bond donors (Lipinski definition) is 1. The van der Waals surface area contributed by atoms with Gasteiger partial charge in [0.05, 0.1) is 19.6 Å². The average Bonchev–Trinajstić information content (AvgIpc) is 2.47. The van der Waals surface area contributed by atoms with Crippen molar-refractivity contribution in [2.24, 2.45) is 0 Å². The number of benzene rings is 1. The Labute approximate surface area is 114 Å². The number of carbonyl (C=O) groups is 1. The van der Waals surface area contributed by atoms with Crippen molar-refractivity contribution in [3.05, 3.63) is 23.8 Å². The van der Waals surface area contributed by atoms with Crippen LogP contribution in [-0.2, 0) is 10.2 Å². The maximum absolute atomic E-state index is 12.2. The Kier molecular flexibility index (Phi) is 4.10. The molecule has 1 aromatic carbocycles. The van der Waals surface area contributed by atoms with Crippen molar-refractivity contribution < 1.29 is 14.3 Å². The molecule has 104 valence electrons. The van der Waals surface area contributed by atoms with Crippen molar-refractivity contribution in [1.82, 2.24) is 5.32 Å². The standard InChI is InChI=1S/C15H21NO3/c1-11(17)15(4-6-16-7-5-15)12-8-13(18-2)10-14(9-12)19-3/h8-10,16H,4-7H2,1-3H3. The molecule has 0 aliphatic carbocycles. The normalized spacial score (nSPS) is 17.8. The van der Waals surface area contributed by atoms with E-state index in [1.54, 1.807) is 21.1 Å². The first-order valence-electron chi connectivity index (χ1n) is 6.58. The average molecular weight is 263 g/mol. The van der Waals surface area contributed by atoms with E-state index in [1.807, 2.05) is 18.2 Å². The lowest BCUT2D eigenvalue weighted by Gasteiger charge is -2.36. The van der Waals surface area contributed by atoms with Crippen LogP contribution in [0.3, 0.4) is 0 Å². The van der Waals surface area contributed by atoms with Gasteiger partial charge in [0, 0.05) is 6.07 Å². The van der Waals surface area contributed by atoms with Gasteiger partial charge in [-0.2, -0.15) is 0 Å². The third-order valence-corrected chi connectivity index (χ3v) is 4.04. The number of ketones is 1. The highest BCUT2D eigenvalue weighted by atomic mass is 16.5. The third-order valence-electron chi connectivity index (χ3n) is 4.04. The molecule has 1 aliphatic heterocycles. The zero-order chi connectivity index (χ0) is 13.9. The van der Waals surface area contributed by atoms with Gasteiger partial charge in [0.2, 0.25) is 0 Å². The van der Waals surface area contributed by atoms with Crippen molar-refractivity contribution in [2.75, 3.05) is 27.3 Å². The molecule has 0 unspecified atom stereocenters. The molecule has 2 rings (SSSR count). The molecule has 4 heteroatoms. The highest BCUT2D eigenvalue weighted by molar-refractivity contribution is 5.88. The van der Waals surface area contributed by atoms with Crippen LogP contribution in [0.5, 0.6) is 11.5 Å². The molecule has 0 atom stereocenters. The van der Waals surface area contributed by atoms with Gasteiger partial charge in [0.15, 0.2) is 0 Å². The molecule has 0 spiro atoms. The van der Waals surface area contributed by atoms with E-state index in [0.717, 1.165) is 43.0 Å². The SMILES string of the molecule is COc1cc(OC)cc(C2(C(C)=O)CCNCC2)c1. The van der Waals surface area contributed by atoms with Crippen LogP contribution in [0.25, 0.3) is 0 Å². The minimum atomic E-state index is -0.410. The lowest BCUT2D eigenvalue weighted by molar-refractivity contribution is -0.123. The second-order valence-electron chi connectivity index (χ2n) is 4.99. The minimum Gasteiger partial charge on any atom is -0.497 e. The van der Waals surface area contributed by atoms with Crippen LogP contribution in [0.1, 0.15) is 25.3 Å². The van der Waals surface area contributed by atoms with Gasteiger partial charge in [0.25, 0.3) is 0 Å². The smallest absolute Gasteiger partial charge is 0.140 e. The second-order valence-corrected chi connectivity index (χ2v) is 4.99. The van der Waals surface area contributed by atoms with Crippen LogP contribution < -0.4 is 14.8 Å². The molecule has 19 heavy (non-hydrogen) atoms. The Balaban J connectivity index is 2.49. The fraction of sp³-hybridized carbons (Fsp3) is 0.533. The molecule has 0 saturated carbocycles. The highest BCUT2D eigenvalue weighted by Gasteiger charge is 2.39. The summed E-state index contributed by atoms with van der Waals surface area (Å²) >= 11 is 0. The molecule has 1 fully saturated rings. The van der Waals surface area contributed by atoms with Crippen molar-refractivity contribution in [3.63, 3.8) is 0 Å². The van der Waals surface area contributed by atoms with Crippen molar-refractivity contribution in [3.8, 4) is 11.5 Å². The van der Waals surface area contributed by atoms with Crippen molar-refractivity contribution >= 4 is 5.78 Å². The zero-order valence-electron chi connectivity index (χ0n) is 11.8. The van der Waals surface area contributed by atoms with E-state index in [1.165, 1.54) is 0 Å². The van der Waals surface area contributed by atoms with Crippen LogP contribution in [0.15, 0.2) is 18.2 Å². The molecule has 4 nitrogen and oxygen atoms in total. The fourth-order valence-electron chi connectivity index (χ4n) is 2.78. The Bertz CT molecular complexity index is 442. The molecule has 0 amide bonds. The second kappa shape index (κ2) is 5.61. The van der Waals surface area contributed by atoms with E-state index in [4.69, 9.17) is 9.47 Å². The van der Waals surface area contributed by atoms with Crippen LogP contribution in [0.2, 0.25) is 0 Å². The zero-order valence-corrected chi connectivity index (χ0v) is 11.8. The maximum Gasteiger partial charge on any atom is 0.140 e. The molecule has 1 aliphatic rings. The molecule has 0 radical (unpaired) electrons. The van der Waals surface area contributed by atoms with Crippen LogP contribution in [0, 0.1) is 0 Å². The van der Waals surface area contributed by atoms with Crippen molar-refractivity contribution in [1.29, 1.82) is 0 Å². The third kappa shape index (κ3) is 2.59. The summed E-state index contributed by atoms with van der Waals surface area (Å²) in [5.41, 5.74) is 0.588. The number of rotatable bonds is 4. The topological polar surface area (TPSA) is 47.6 Å². The summed E-state index contributed by atoms with van der Waals surface area (Å²) in [5.74, 6) is 1.67. The number of nitrogens with one attached hydrogen (secondary N) is 1. The Morgan fingerprint density at radius 1 is 1.11 bits per heavy atom. The van der Waals surface area contributed by atoms with E-state index >= 15 is 0 Å². The summed E-state index contributed by atoms with van der Waals surface area (Å²) in [6, 6.07) is 5.74. The summed E-state index contributed by atoms with van der Waals surface area (Å²) in [4.78, 5) is 12.2. The fourth-order valence-corrected chi connectivity index (χ4v) is 2.78. The largest absolute Gasteiger partial charge is 0.497 e. The highest BCUT2D eigenvalue weighted by Crippen LogP contribution is 2.38. The number of methoxy groups -OCH3 is 2. The minimum absolute atomic E-state index is 0.212. The van der Waals surface area contributed by atoms with Gasteiger partial charge in [-0.05, 0) is 50.6 Å². The van der Waals surface area contributed by atoms with Crippen LogP contribution in [-0.4, -0.2) is 33.1 Å². The van der Waals surface area contributed by atoms with Crippen LogP contribution >= 0.6 is 0 Å². The van der Waals surface area contributed by atoms with Crippen molar-refractivity contribution in [2.45, 2.75) is 25.2 Å². The molecular weight excluding hydrogens is 242 g/mol. The summed E-state index contributed by atoms with van der Waals surface area (Å²) in [5, 5.41) is 3.31. The van der Waals surface area contributed by atoms with E-state index in [2.05, 4.69) is 5.32 Å². The first-order chi connectivity index (χ1) is 9.12. The number of Topliss-reactive ketones (excluding diaryl/α,β-unsaturated/α-hetero) is 1. The maximum atomic E-state index is 12.2. The van der Waals surface area contributed by atoms with E-state index in [-0.39, 0.29) is 5.78 Å². The number of hydrogen-bond acceptors (Lipinski definition) is 4. The number of carbonyl (C=O) groups excluding carboxylic acids is 1. The Morgan fingerprint density at radius 2 is 1.63 bits per heavy atom. The van der Waals surface area contributed by atoms with Gasteiger partial charge in [-0.15, -0.1) is 0 Å². The lowest BCUT2D eigenvalue weighted by atomic mass is 9.70. The van der Waals surface area contributed by atoms with E-state index in [0.29, 0.717) is 0 Å². The summed E-state index contributed by atoms with van der Waals surface area (Å²) in [7, 11) is 3.25. The van der Waals surface area contributed by atoms with E-state index < -0.39 is 5.41 Å². The molecule has 1 heterocycles. The first-order valence-corrected chi connectivity index (χ1v) is 6.58. The number of ether oxygens (including phenoxy) is 2. The Hall–Kier alpha value is -1.55. The molecule has 1 saturated heterocycles. The summed E-state index contributed by atoms with van der Waals surface area (Å²) in [6.45, 7) is 3.40. The van der Waals surface area contributed by atoms with E-state index in [9.17, 15) is 4.79 Å².